The molecule has 1 aromatic heterocycles. The van der Waals surface area contributed by atoms with Gasteiger partial charge in [0.2, 0.25) is 0 Å². The van der Waals surface area contributed by atoms with E-state index < -0.39 is 5.97 Å². The van der Waals surface area contributed by atoms with Crippen molar-refractivity contribution in [2.75, 3.05) is 51.3 Å². The van der Waals surface area contributed by atoms with Crippen molar-refractivity contribution in [1.29, 1.82) is 0 Å². The van der Waals surface area contributed by atoms with Gasteiger partial charge in [0.15, 0.2) is 0 Å². The van der Waals surface area contributed by atoms with Crippen LogP contribution in [0, 0.1) is 12.8 Å². The van der Waals surface area contributed by atoms with E-state index in [1.54, 1.807) is 13.2 Å². The summed E-state index contributed by atoms with van der Waals surface area (Å²) < 4.78 is 7.77. The minimum Gasteiger partial charge on any atom is -0.478 e. The van der Waals surface area contributed by atoms with E-state index in [0.29, 0.717) is 11.5 Å². The number of hydrogen-bond acceptors (Lipinski definition) is 4. The zero-order valence-electron chi connectivity index (χ0n) is 24.3. The molecule has 2 fully saturated rings. The fraction of sp³-hybridized carbons (Fsp3) is 0.571. The summed E-state index contributed by atoms with van der Waals surface area (Å²) >= 11 is 0. The summed E-state index contributed by atoms with van der Waals surface area (Å²) in [5.41, 5.74) is 8.20. The first-order valence-electron chi connectivity index (χ1n) is 15.5. The van der Waals surface area contributed by atoms with Crippen molar-refractivity contribution < 1.29 is 14.6 Å². The van der Waals surface area contributed by atoms with Crippen LogP contribution in [0.4, 0.5) is 5.69 Å². The Balaban J connectivity index is 0.00000337. The van der Waals surface area contributed by atoms with Gasteiger partial charge in [-0.2, -0.15) is 0 Å². The molecule has 0 atom stereocenters. The van der Waals surface area contributed by atoms with Gasteiger partial charge in [-0.15, -0.1) is 0 Å². The van der Waals surface area contributed by atoms with Gasteiger partial charge in [-0.05, 0) is 93.3 Å². The average Bonchev–Trinajstić information content (AvgIpc) is 3.21. The highest BCUT2D eigenvalue weighted by Crippen LogP contribution is 2.47. The Morgan fingerprint density at radius 3 is 2.46 bits per heavy atom. The normalized spacial score (nSPS) is 18.5. The minimum atomic E-state index is -0.853. The number of ether oxygens (including phenoxy) is 1. The second-order valence-electron chi connectivity index (χ2n) is 12.4. The van der Waals surface area contributed by atoms with Crippen LogP contribution in [0.25, 0.3) is 22.2 Å². The molecule has 6 rings (SSSR count). The molecule has 222 valence electrons. The third-order valence-electron chi connectivity index (χ3n) is 9.83. The highest BCUT2D eigenvalue weighted by Gasteiger charge is 2.31. The summed E-state index contributed by atoms with van der Waals surface area (Å²) in [5, 5.41) is 11.1. The van der Waals surface area contributed by atoms with Crippen LogP contribution in [-0.2, 0) is 11.3 Å². The molecule has 1 saturated carbocycles. The first-order valence-corrected chi connectivity index (χ1v) is 15.5. The molecule has 3 aromatic rings. The molecule has 0 unspecified atom stereocenters. The first kappa shape index (κ1) is 29.7. The number of rotatable bonds is 8. The topological polar surface area (TPSA) is 57.9 Å². The van der Waals surface area contributed by atoms with Gasteiger partial charge in [0.1, 0.15) is 0 Å². The molecule has 1 N–H and O–H groups in total. The third kappa shape index (κ3) is 6.05. The Morgan fingerprint density at radius 1 is 0.951 bits per heavy atom. The van der Waals surface area contributed by atoms with Gasteiger partial charge in [0.25, 0.3) is 0 Å². The van der Waals surface area contributed by atoms with Gasteiger partial charge in [-0.1, -0.05) is 44.9 Å². The maximum absolute atomic E-state index is 12.0. The van der Waals surface area contributed by atoms with Gasteiger partial charge < -0.3 is 24.2 Å². The summed E-state index contributed by atoms with van der Waals surface area (Å²) in [4.78, 5) is 17.2. The van der Waals surface area contributed by atoms with E-state index in [2.05, 4.69) is 45.6 Å². The van der Waals surface area contributed by atoms with Gasteiger partial charge >= 0.3 is 5.97 Å². The van der Waals surface area contributed by atoms with Crippen molar-refractivity contribution >= 4 is 22.6 Å². The van der Waals surface area contributed by atoms with Gasteiger partial charge in [0.05, 0.1) is 11.3 Å². The second kappa shape index (κ2) is 13.0. The van der Waals surface area contributed by atoms with Crippen LogP contribution in [0.1, 0.15) is 86.2 Å². The summed E-state index contributed by atoms with van der Waals surface area (Å²) in [5.74, 6) is 0.475. The van der Waals surface area contributed by atoms with Crippen molar-refractivity contribution in [3.63, 3.8) is 0 Å². The monoisotopic (exact) mass is 559 g/mol. The van der Waals surface area contributed by atoms with Crippen molar-refractivity contribution in [2.45, 2.75) is 78.2 Å². The quantitative estimate of drug-likeness (QED) is 0.309. The van der Waals surface area contributed by atoms with Crippen LogP contribution in [0.3, 0.4) is 0 Å². The number of carboxylic acids is 1. The van der Waals surface area contributed by atoms with E-state index in [9.17, 15) is 9.90 Å². The predicted octanol–water partition coefficient (Wildman–Crippen LogP) is 7.57. The summed E-state index contributed by atoms with van der Waals surface area (Å²) in [6, 6.07) is 12.8. The standard InChI is InChI=1S/C34H45N3O3.CH4/c1-24-8-10-29-30(22-24)36(18-17-35-15-12-25(13-16-35)14-21-40-2)19-20-37-31-23-27(34(38)39)9-11-28(31)32(33(29)37)26-6-4-3-5-7-26;/h8-11,22-23,25-26H,3-7,12-21H2,1-2H3,(H,38,39);1H4. The Bertz CT molecular complexity index is 1350. The van der Waals surface area contributed by atoms with Crippen LogP contribution in [0.15, 0.2) is 36.4 Å². The number of aromatic carboxylic acids is 1. The van der Waals surface area contributed by atoms with E-state index in [0.717, 1.165) is 44.2 Å². The smallest absolute Gasteiger partial charge is 0.335 e. The summed E-state index contributed by atoms with van der Waals surface area (Å²) in [6.45, 7) is 9.33. The van der Waals surface area contributed by atoms with Crippen LogP contribution in [-0.4, -0.2) is 67.0 Å². The molecule has 0 spiro atoms. The molecule has 0 bridgehead atoms. The number of likely N-dealkylation sites (tertiary alicyclic amines) is 1. The third-order valence-corrected chi connectivity index (χ3v) is 9.83. The second-order valence-corrected chi connectivity index (χ2v) is 12.4. The highest BCUT2D eigenvalue weighted by atomic mass is 16.5. The largest absolute Gasteiger partial charge is 0.478 e. The SMILES string of the molecule is C.COCCC1CCN(CCN2CCn3c(c(C4CCCCC4)c4ccc(C(=O)O)cc43)-c3ccc(C)cc32)CC1. The molecule has 2 aliphatic heterocycles. The number of fused-ring (bicyclic) bond motifs is 5. The molecular weight excluding hydrogens is 510 g/mol. The lowest BCUT2D eigenvalue weighted by atomic mass is 9.81. The molecule has 0 amide bonds. The number of anilines is 1. The van der Waals surface area contributed by atoms with Crippen LogP contribution >= 0.6 is 0 Å². The molecule has 2 aromatic carbocycles. The lowest BCUT2D eigenvalue weighted by molar-refractivity contribution is 0.0697. The van der Waals surface area contributed by atoms with Crippen LogP contribution < -0.4 is 4.90 Å². The molecule has 41 heavy (non-hydrogen) atoms. The summed E-state index contributed by atoms with van der Waals surface area (Å²) in [7, 11) is 1.80. The molecule has 1 saturated heterocycles. The lowest BCUT2D eigenvalue weighted by Gasteiger charge is -2.34. The number of carbonyl (C=O) groups is 1. The average molecular weight is 560 g/mol. The fourth-order valence-corrected chi connectivity index (χ4v) is 7.56. The molecule has 6 heteroatoms. The van der Waals surface area contributed by atoms with E-state index in [1.807, 2.05) is 6.07 Å². The summed E-state index contributed by atoms with van der Waals surface area (Å²) in [6.07, 6.45) is 10.0. The zero-order valence-corrected chi connectivity index (χ0v) is 24.3. The number of benzene rings is 2. The Morgan fingerprint density at radius 2 is 1.73 bits per heavy atom. The molecule has 3 heterocycles. The molecule has 3 aliphatic rings. The molecule has 0 radical (unpaired) electrons. The number of carboxylic acid groups (broad SMARTS) is 1. The Kier molecular flexibility index (Phi) is 9.40. The van der Waals surface area contributed by atoms with Gasteiger partial charge in [0, 0.05) is 62.0 Å². The van der Waals surface area contributed by atoms with Crippen LogP contribution in [0.2, 0.25) is 0 Å². The minimum absolute atomic E-state index is 0. The number of nitrogens with zero attached hydrogens (tertiary/aromatic N) is 3. The maximum Gasteiger partial charge on any atom is 0.335 e. The van der Waals surface area contributed by atoms with E-state index in [-0.39, 0.29) is 7.43 Å². The van der Waals surface area contributed by atoms with E-state index >= 15 is 0 Å². The predicted molar refractivity (Wildman–Crippen MR) is 169 cm³/mol. The molecular formula is C35H49N3O3. The van der Waals surface area contributed by atoms with Crippen molar-refractivity contribution in [2.24, 2.45) is 5.92 Å². The number of piperidine rings is 1. The lowest BCUT2D eigenvalue weighted by Crippen LogP contribution is -2.40. The van der Waals surface area contributed by atoms with Crippen LogP contribution in [0.5, 0.6) is 0 Å². The van der Waals surface area contributed by atoms with Crippen molar-refractivity contribution in [3.8, 4) is 11.3 Å². The van der Waals surface area contributed by atoms with E-state index in [1.165, 1.54) is 97.9 Å². The number of aromatic nitrogens is 1. The van der Waals surface area contributed by atoms with Crippen molar-refractivity contribution in [3.05, 3.63) is 53.1 Å². The van der Waals surface area contributed by atoms with E-state index in [4.69, 9.17) is 4.74 Å². The Hall–Kier alpha value is -2.83. The number of aryl methyl sites for hydroxylation is 1. The maximum atomic E-state index is 12.0. The fourth-order valence-electron chi connectivity index (χ4n) is 7.56. The number of methoxy groups -OCH3 is 1. The van der Waals surface area contributed by atoms with Gasteiger partial charge in [-0.25, -0.2) is 4.79 Å². The van der Waals surface area contributed by atoms with Crippen molar-refractivity contribution in [1.82, 2.24) is 9.47 Å². The molecule has 6 nitrogen and oxygen atoms in total. The van der Waals surface area contributed by atoms with Gasteiger partial charge in [-0.3, -0.25) is 0 Å². The first-order chi connectivity index (χ1) is 19.5. The number of hydrogen-bond donors (Lipinski definition) is 1. The zero-order chi connectivity index (χ0) is 27.6. The Labute approximate surface area is 246 Å². The molecule has 1 aliphatic carbocycles. The highest BCUT2D eigenvalue weighted by molar-refractivity contribution is 5.99.